The van der Waals surface area contributed by atoms with Crippen molar-refractivity contribution in [3.05, 3.63) is 59.9 Å². The molecule has 3 aliphatic rings. The van der Waals surface area contributed by atoms with Crippen LogP contribution in [0.25, 0.3) is 0 Å². The van der Waals surface area contributed by atoms with Gasteiger partial charge < -0.3 is 20.2 Å². The van der Waals surface area contributed by atoms with Crippen molar-refractivity contribution in [2.24, 2.45) is 5.92 Å². The molecule has 4 heterocycles. The fourth-order valence-electron chi connectivity index (χ4n) is 6.57. The SMILES string of the molecule is CC(C)N1C(=O)C(C(=O)NC2C[C@H]3CC[C@@H](C2)N3CC(O)CN(C)C(=O)c2ccncc2)C(=O)c2ccccc21. The van der Waals surface area contributed by atoms with E-state index in [1.54, 1.807) is 60.7 Å². The van der Waals surface area contributed by atoms with Gasteiger partial charge in [0, 0.05) is 67.8 Å². The van der Waals surface area contributed by atoms with E-state index in [4.69, 9.17) is 0 Å². The average molecular weight is 548 g/mol. The number of aliphatic hydroxyl groups is 1. The molecule has 3 unspecified atom stereocenters. The van der Waals surface area contributed by atoms with Crippen molar-refractivity contribution < 1.29 is 24.3 Å². The molecule has 0 spiro atoms. The highest BCUT2D eigenvalue weighted by Gasteiger charge is 2.47. The van der Waals surface area contributed by atoms with Gasteiger partial charge in [-0.3, -0.25) is 29.1 Å². The highest BCUT2D eigenvalue weighted by atomic mass is 16.3. The molecule has 0 radical (unpaired) electrons. The molecule has 3 amide bonds. The number of nitrogens with one attached hydrogen (secondary N) is 1. The quantitative estimate of drug-likeness (QED) is 0.484. The first-order valence-electron chi connectivity index (χ1n) is 14.0. The van der Waals surface area contributed by atoms with Gasteiger partial charge in [0.2, 0.25) is 11.8 Å². The Morgan fingerprint density at radius 1 is 1.07 bits per heavy atom. The van der Waals surface area contributed by atoms with Crippen LogP contribution in [0.4, 0.5) is 5.69 Å². The van der Waals surface area contributed by atoms with Gasteiger partial charge in [-0.2, -0.15) is 0 Å². The Balaban J connectivity index is 1.19. The van der Waals surface area contributed by atoms with Crippen molar-refractivity contribution in [1.82, 2.24) is 20.1 Å². The van der Waals surface area contributed by atoms with Crippen molar-refractivity contribution >= 4 is 29.2 Å². The molecule has 40 heavy (non-hydrogen) atoms. The largest absolute Gasteiger partial charge is 0.390 e. The number of pyridine rings is 1. The number of rotatable bonds is 8. The van der Waals surface area contributed by atoms with Crippen molar-refractivity contribution in [1.29, 1.82) is 0 Å². The maximum Gasteiger partial charge on any atom is 0.253 e. The number of amides is 3. The van der Waals surface area contributed by atoms with Crippen molar-refractivity contribution in [2.75, 3.05) is 25.0 Å². The molecule has 212 valence electrons. The minimum absolute atomic E-state index is 0.153. The number of hydrogen-bond acceptors (Lipinski definition) is 7. The van der Waals surface area contributed by atoms with Crippen molar-refractivity contribution in [3.8, 4) is 0 Å². The van der Waals surface area contributed by atoms with Crippen LogP contribution in [-0.4, -0.2) is 93.8 Å². The summed E-state index contributed by atoms with van der Waals surface area (Å²) in [5.41, 5.74) is 1.47. The smallest absolute Gasteiger partial charge is 0.253 e. The molecular formula is C30H37N5O5. The summed E-state index contributed by atoms with van der Waals surface area (Å²) < 4.78 is 0. The number of aliphatic hydroxyl groups excluding tert-OH is 1. The van der Waals surface area contributed by atoms with E-state index in [2.05, 4.69) is 15.2 Å². The van der Waals surface area contributed by atoms with Gasteiger partial charge in [-0.25, -0.2) is 0 Å². The summed E-state index contributed by atoms with van der Waals surface area (Å²) in [7, 11) is 1.68. The standard InChI is InChI=1S/C30H37N5O5/c1-18(2)35-25-7-5-4-6-24(25)27(37)26(30(35)40)28(38)32-20-14-21-8-9-22(15-20)34(21)17-23(36)16-33(3)29(39)19-10-12-31-13-11-19/h4-7,10-13,18,20-23,26,36H,8-9,14-17H2,1-3H3,(H,32,38)/t20?,21-,22+,23?,26?. The molecule has 10 heteroatoms. The molecule has 5 rings (SSSR count). The van der Waals surface area contributed by atoms with Gasteiger partial charge in [-0.1, -0.05) is 12.1 Å². The third-order valence-electron chi connectivity index (χ3n) is 8.37. The number of nitrogens with zero attached hydrogens (tertiary/aromatic N) is 4. The fraction of sp³-hybridized carbons (Fsp3) is 0.500. The van der Waals surface area contributed by atoms with Crippen LogP contribution < -0.4 is 10.2 Å². The summed E-state index contributed by atoms with van der Waals surface area (Å²) in [4.78, 5) is 61.9. The molecule has 2 fully saturated rings. The molecule has 2 N–H and O–H groups in total. The van der Waals surface area contributed by atoms with Gasteiger partial charge in [0.05, 0.1) is 11.8 Å². The second-order valence-electron chi connectivity index (χ2n) is 11.5. The predicted molar refractivity (Wildman–Crippen MR) is 149 cm³/mol. The molecule has 2 aromatic rings. The number of benzene rings is 1. The molecule has 1 aromatic heterocycles. The summed E-state index contributed by atoms with van der Waals surface area (Å²) in [6, 6.07) is 10.2. The van der Waals surface area contributed by atoms with Gasteiger partial charge >= 0.3 is 0 Å². The molecule has 10 nitrogen and oxygen atoms in total. The lowest BCUT2D eigenvalue weighted by Gasteiger charge is -2.41. The highest BCUT2D eigenvalue weighted by molar-refractivity contribution is 6.31. The molecule has 0 aliphatic carbocycles. The Labute approximate surface area is 234 Å². The number of ketones is 1. The number of aromatic nitrogens is 1. The predicted octanol–water partition coefficient (Wildman–Crippen LogP) is 1.88. The van der Waals surface area contributed by atoms with Crippen LogP contribution in [0, 0.1) is 5.92 Å². The van der Waals surface area contributed by atoms with Gasteiger partial charge in [-0.15, -0.1) is 0 Å². The lowest BCUT2D eigenvalue weighted by molar-refractivity contribution is -0.132. The zero-order valence-electron chi connectivity index (χ0n) is 23.2. The highest BCUT2D eigenvalue weighted by Crippen LogP contribution is 2.37. The van der Waals surface area contributed by atoms with Crippen LogP contribution in [-0.2, 0) is 9.59 Å². The number of likely N-dealkylation sites (N-methyl/N-ethyl adjacent to an activating group) is 1. The van der Waals surface area contributed by atoms with Gasteiger partial charge in [0.15, 0.2) is 11.7 Å². The number of fused-ring (bicyclic) bond motifs is 3. The second-order valence-corrected chi connectivity index (χ2v) is 11.5. The lowest BCUT2D eigenvalue weighted by atomic mass is 9.88. The molecule has 3 aliphatic heterocycles. The normalized spacial score (nSPS) is 25.1. The Morgan fingerprint density at radius 3 is 2.38 bits per heavy atom. The summed E-state index contributed by atoms with van der Waals surface area (Å²) in [5, 5.41) is 13.8. The van der Waals surface area contributed by atoms with E-state index in [1.807, 2.05) is 13.8 Å². The summed E-state index contributed by atoms with van der Waals surface area (Å²) in [6.45, 7) is 4.38. The molecule has 1 aromatic carbocycles. The maximum atomic E-state index is 13.4. The van der Waals surface area contributed by atoms with E-state index in [0.29, 0.717) is 36.2 Å². The van der Waals surface area contributed by atoms with E-state index in [1.165, 1.54) is 4.90 Å². The number of piperidine rings is 1. The van der Waals surface area contributed by atoms with E-state index < -0.39 is 29.6 Å². The lowest BCUT2D eigenvalue weighted by Crippen LogP contribution is -2.57. The minimum atomic E-state index is -1.39. The number of carbonyl (C=O) groups excluding carboxylic acids is 4. The second kappa shape index (κ2) is 11.5. The topological polar surface area (TPSA) is 123 Å². The van der Waals surface area contributed by atoms with Crippen LogP contribution in [0.15, 0.2) is 48.8 Å². The molecule has 2 saturated heterocycles. The summed E-state index contributed by atoms with van der Waals surface area (Å²) >= 11 is 0. The van der Waals surface area contributed by atoms with E-state index >= 15 is 0 Å². The average Bonchev–Trinajstić information content (AvgIpc) is 3.15. The van der Waals surface area contributed by atoms with Crippen molar-refractivity contribution in [2.45, 2.75) is 69.8 Å². The van der Waals surface area contributed by atoms with Crippen molar-refractivity contribution in [3.63, 3.8) is 0 Å². The van der Waals surface area contributed by atoms with E-state index in [0.717, 1.165) is 12.8 Å². The Hall–Kier alpha value is -3.63. The first-order valence-corrected chi connectivity index (χ1v) is 14.0. The van der Waals surface area contributed by atoms with Crippen LogP contribution in [0.2, 0.25) is 0 Å². The van der Waals surface area contributed by atoms with Crippen LogP contribution >= 0.6 is 0 Å². The van der Waals surface area contributed by atoms with Crippen LogP contribution in [0.1, 0.15) is 60.2 Å². The van der Waals surface area contributed by atoms with Crippen LogP contribution in [0.5, 0.6) is 0 Å². The van der Waals surface area contributed by atoms with Crippen LogP contribution in [0.3, 0.4) is 0 Å². The number of carbonyl (C=O) groups is 4. The molecule has 5 atom stereocenters. The molecule has 0 saturated carbocycles. The Kier molecular flexibility index (Phi) is 8.00. The summed E-state index contributed by atoms with van der Waals surface area (Å²) in [6.07, 6.45) is 5.68. The Morgan fingerprint density at radius 2 is 1.73 bits per heavy atom. The fourth-order valence-corrected chi connectivity index (χ4v) is 6.57. The number of Topliss-reactive ketones (excluding diaryl/α,β-unsaturated/α-hetero) is 1. The van der Waals surface area contributed by atoms with E-state index in [9.17, 15) is 24.3 Å². The zero-order chi connectivity index (χ0) is 28.6. The van der Waals surface area contributed by atoms with Gasteiger partial charge in [0.25, 0.3) is 5.91 Å². The van der Waals surface area contributed by atoms with Gasteiger partial charge in [0.1, 0.15) is 0 Å². The number of anilines is 1. The molecule has 2 bridgehead atoms. The first-order chi connectivity index (χ1) is 19.2. The first kappa shape index (κ1) is 27.9. The minimum Gasteiger partial charge on any atom is -0.390 e. The monoisotopic (exact) mass is 547 g/mol. The van der Waals surface area contributed by atoms with E-state index in [-0.39, 0.29) is 36.6 Å². The van der Waals surface area contributed by atoms with Gasteiger partial charge in [-0.05, 0) is 63.8 Å². The number of para-hydroxylation sites is 1. The Bertz CT molecular complexity index is 1270. The molecular weight excluding hydrogens is 510 g/mol. The maximum absolute atomic E-state index is 13.4. The third-order valence-corrected chi connectivity index (χ3v) is 8.37. The third kappa shape index (κ3) is 5.38. The number of hydrogen-bond donors (Lipinski definition) is 2. The summed E-state index contributed by atoms with van der Waals surface area (Å²) in [5.74, 6) is -3.03. The zero-order valence-corrected chi connectivity index (χ0v) is 23.2.